The zero-order chi connectivity index (χ0) is 23.3. The van der Waals surface area contributed by atoms with Crippen LogP contribution in [0.5, 0.6) is 17.2 Å². The first-order chi connectivity index (χ1) is 16.2. The molecule has 33 heavy (non-hydrogen) atoms. The fourth-order valence-corrected chi connectivity index (χ4v) is 3.18. The molecule has 0 N–H and O–H groups in total. The molecular formula is C27H32N2O4. The van der Waals surface area contributed by atoms with Crippen molar-refractivity contribution >= 4 is 5.97 Å². The van der Waals surface area contributed by atoms with Gasteiger partial charge in [0.05, 0.1) is 31.3 Å². The number of hydrogen-bond acceptors (Lipinski definition) is 6. The Morgan fingerprint density at radius 1 is 0.697 bits per heavy atom. The molecule has 0 aliphatic rings. The number of esters is 1. The molecule has 0 saturated heterocycles. The van der Waals surface area contributed by atoms with Crippen LogP contribution in [0.15, 0.2) is 60.9 Å². The molecule has 0 unspecified atom stereocenters. The first kappa shape index (κ1) is 24.2. The molecule has 1 aromatic heterocycles. The highest BCUT2D eigenvalue weighted by atomic mass is 16.5. The summed E-state index contributed by atoms with van der Waals surface area (Å²) in [7, 11) is 0. The Kier molecular flexibility index (Phi) is 9.70. The van der Waals surface area contributed by atoms with Crippen LogP contribution in [-0.4, -0.2) is 29.2 Å². The van der Waals surface area contributed by atoms with E-state index in [4.69, 9.17) is 14.2 Å². The highest BCUT2D eigenvalue weighted by Crippen LogP contribution is 2.21. The first-order valence-electron chi connectivity index (χ1n) is 11.7. The Morgan fingerprint density at radius 3 is 1.97 bits per heavy atom. The molecule has 174 valence electrons. The summed E-state index contributed by atoms with van der Waals surface area (Å²) in [6.45, 7) is 5.65. The van der Waals surface area contributed by atoms with Crippen LogP contribution in [0, 0.1) is 0 Å². The Morgan fingerprint density at radius 2 is 1.33 bits per heavy atom. The second-order valence-corrected chi connectivity index (χ2v) is 7.78. The van der Waals surface area contributed by atoms with E-state index in [2.05, 4.69) is 23.8 Å². The summed E-state index contributed by atoms with van der Waals surface area (Å²) in [5.74, 6) is 1.46. The zero-order valence-corrected chi connectivity index (χ0v) is 19.5. The predicted molar refractivity (Wildman–Crippen MR) is 129 cm³/mol. The Labute approximate surface area is 196 Å². The van der Waals surface area contributed by atoms with Crippen LogP contribution in [0.3, 0.4) is 0 Å². The van der Waals surface area contributed by atoms with Crippen molar-refractivity contribution in [2.45, 2.75) is 52.4 Å². The van der Waals surface area contributed by atoms with Gasteiger partial charge in [-0.1, -0.05) is 39.5 Å². The minimum absolute atomic E-state index is 0.147. The number of nitrogens with zero attached hydrogens (tertiary/aromatic N) is 2. The van der Waals surface area contributed by atoms with Crippen LogP contribution in [0.2, 0.25) is 0 Å². The van der Waals surface area contributed by atoms with Gasteiger partial charge in [-0.2, -0.15) is 0 Å². The molecule has 0 saturated carbocycles. The molecular weight excluding hydrogens is 416 g/mol. The summed E-state index contributed by atoms with van der Waals surface area (Å²) in [5, 5.41) is 0. The van der Waals surface area contributed by atoms with E-state index in [1.807, 2.05) is 24.3 Å². The maximum atomic E-state index is 12.4. The molecule has 0 radical (unpaired) electrons. The van der Waals surface area contributed by atoms with E-state index in [0.717, 1.165) is 29.9 Å². The second-order valence-electron chi connectivity index (χ2n) is 7.78. The largest absolute Gasteiger partial charge is 0.494 e. The average molecular weight is 449 g/mol. The van der Waals surface area contributed by atoms with Gasteiger partial charge in [-0.15, -0.1) is 0 Å². The topological polar surface area (TPSA) is 70.5 Å². The monoisotopic (exact) mass is 448 g/mol. The van der Waals surface area contributed by atoms with Crippen molar-refractivity contribution in [3.63, 3.8) is 0 Å². The van der Waals surface area contributed by atoms with Gasteiger partial charge in [-0.25, -0.2) is 9.78 Å². The predicted octanol–water partition coefficient (Wildman–Crippen LogP) is 6.50. The third-order valence-electron chi connectivity index (χ3n) is 5.03. The van der Waals surface area contributed by atoms with Crippen molar-refractivity contribution in [3.05, 3.63) is 66.6 Å². The van der Waals surface area contributed by atoms with Crippen molar-refractivity contribution in [3.8, 4) is 28.5 Å². The Hall–Kier alpha value is -3.41. The number of unbranched alkanes of at least 4 members (excludes halogenated alkanes) is 4. The Balaban J connectivity index is 1.49. The molecule has 6 nitrogen and oxygen atoms in total. The van der Waals surface area contributed by atoms with E-state index in [9.17, 15) is 4.79 Å². The van der Waals surface area contributed by atoms with Gasteiger partial charge in [-0.3, -0.25) is 4.98 Å². The molecule has 3 aromatic rings. The van der Waals surface area contributed by atoms with Crippen molar-refractivity contribution in [1.82, 2.24) is 9.97 Å². The lowest BCUT2D eigenvalue weighted by molar-refractivity contribution is 0.0728. The lowest BCUT2D eigenvalue weighted by Crippen LogP contribution is -2.11. The van der Waals surface area contributed by atoms with Crippen LogP contribution in [0.1, 0.15) is 62.9 Å². The highest BCUT2D eigenvalue weighted by Gasteiger charge is 2.12. The Bertz CT molecular complexity index is 971. The van der Waals surface area contributed by atoms with Crippen molar-refractivity contribution in [2.75, 3.05) is 13.2 Å². The van der Waals surface area contributed by atoms with Crippen LogP contribution in [0.4, 0.5) is 0 Å². The molecule has 0 amide bonds. The summed E-state index contributed by atoms with van der Waals surface area (Å²) in [6.07, 6.45) is 9.94. The normalized spacial score (nSPS) is 10.6. The lowest BCUT2D eigenvalue weighted by atomic mass is 10.1. The molecule has 3 rings (SSSR count). The minimum atomic E-state index is -0.554. The van der Waals surface area contributed by atoms with Crippen molar-refractivity contribution in [2.24, 2.45) is 0 Å². The van der Waals surface area contributed by atoms with E-state index >= 15 is 0 Å². The second kappa shape index (κ2) is 13.2. The van der Waals surface area contributed by atoms with Gasteiger partial charge >= 0.3 is 5.97 Å². The van der Waals surface area contributed by atoms with E-state index in [1.54, 1.807) is 30.5 Å². The number of rotatable bonds is 13. The molecule has 0 fully saturated rings. The molecule has 0 atom stereocenters. The van der Waals surface area contributed by atoms with Crippen LogP contribution in [0.25, 0.3) is 11.3 Å². The first-order valence-corrected chi connectivity index (χ1v) is 11.7. The summed E-state index contributed by atoms with van der Waals surface area (Å²) in [5.41, 5.74) is 1.71. The van der Waals surface area contributed by atoms with E-state index < -0.39 is 5.97 Å². The third kappa shape index (κ3) is 7.90. The summed E-state index contributed by atoms with van der Waals surface area (Å²) in [4.78, 5) is 21.0. The quantitative estimate of drug-likeness (QED) is 0.169. The summed E-state index contributed by atoms with van der Waals surface area (Å²) >= 11 is 0. The van der Waals surface area contributed by atoms with Crippen LogP contribution < -0.4 is 14.2 Å². The SMILES string of the molecule is CCCCCCCOc1ccc(OC(=O)c2cnc(-c3ccc(OCCC)cc3)cn2)cc1. The number of ether oxygens (including phenoxy) is 3. The van der Waals surface area contributed by atoms with Gasteiger partial charge in [0.1, 0.15) is 17.2 Å². The number of carbonyl (C=O) groups excluding carboxylic acids is 1. The van der Waals surface area contributed by atoms with Gasteiger partial charge < -0.3 is 14.2 Å². The lowest BCUT2D eigenvalue weighted by Gasteiger charge is -2.08. The van der Waals surface area contributed by atoms with Gasteiger partial charge in [0.25, 0.3) is 0 Å². The standard InChI is InChI=1S/C27H32N2O4/c1-3-5-6-7-8-18-32-23-13-15-24(16-14-23)33-27(30)26-20-28-25(19-29-26)21-9-11-22(12-10-21)31-17-4-2/h9-16,19-20H,3-8,17-18H2,1-2H3. The molecule has 2 aromatic carbocycles. The van der Waals surface area contributed by atoms with E-state index in [1.165, 1.54) is 31.9 Å². The number of hydrogen-bond donors (Lipinski definition) is 0. The maximum absolute atomic E-state index is 12.4. The number of carbonyl (C=O) groups is 1. The fourth-order valence-electron chi connectivity index (χ4n) is 3.18. The molecule has 0 aliphatic heterocycles. The van der Waals surface area contributed by atoms with Crippen molar-refractivity contribution in [1.29, 1.82) is 0 Å². The maximum Gasteiger partial charge on any atom is 0.363 e. The van der Waals surface area contributed by atoms with E-state index in [0.29, 0.717) is 24.7 Å². The summed E-state index contributed by atoms with van der Waals surface area (Å²) in [6, 6.07) is 14.7. The average Bonchev–Trinajstić information content (AvgIpc) is 2.86. The molecule has 1 heterocycles. The zero-order valence-electron chi connectivity index (χ0n) is 19.5. The van der Waals surface area contributed by atoms with Gasteiger partial charge in [0.15, 0.2) is 5.69 Å². The fraction of sp³-hybridized carbons (Fsp3) is 0.370. The molecule has 0 bridgehead atoms. The van der Waals surface area contributed by atoms with Gasteiger partial charge in [0.2, 0.25) is 0 Å². The van der Waals surface area contributed by atoms with Gasteiger partial charge in [-0.05, 0) is 61.4 Å². The molecule has 0 spiro atoms. The van der Waals surface area contributed by atoms with Crippen molar-refractivity contribution < 1.29 is 19.0 Å². The highest BCUT2D eigenvalue weighted by molar-refractivity contribution is 5.88. The van der Waals surface area contributed by atoms with Crippen LogP contribution >= 0.6 is 0 Å². The third-order valence-corrected chi connectivity index (χ3v) is 5.03. The molecule has 6 heteroatoms. The smallest absolute Gasteiger partial charge is 0.363 e. The van der Waals surface area contributed by atoms with Crippen LogP contribution in [-0.2, 0) is 0 Å². The van der Waals surface area contributed by atoms with E-state index in [-0.39, 0.29) is 5.69 Å². The number of aromatic nitrogens is 2. The minimum Gasteiger partial charge on any atom is -0.494 e. The van der Waals surface area contributed by atoms with Gasteiger partial charge in [0, 0.05) is 5.56 Å². The molecule has 0 aliphatic carbocycles. The summed E-state index contributed by atoms with van der Waals surface area (Å²) < 4.78 is 16.7. The number of benzene rings is 2.